The molecule has 2 aromatic rings. The lowest BCUT2D eigenvalue weighted by molar-refractivity contribution is -0.131. The summed E-state index contributed by atoms with van der Waals surface area (Å²) in [6.45, 7) is 1.44. The lowest BCUT2D eigenvalue weighted by Crippen LogP contribution is -2.13. The van der Waals surface area contributed by atoms with E-state index in [9.17, 15) is 9.59 Å². The monoisotopic (exact) mass is 294 g/mol. The third kappa shape index (κ3) is 3.49. The first-order valence-corrected chi connectivity index (χ1v) is 7.04. The normalized spacial score (nSPS) is 11.3. The number of anilines is 1. The number of thiophene rings is 1. The molecule has 5 nitrogen and oxygen atoms in total. The molecule has 0 aromatic carbocycles. The standard InChI is InChI=1S/C12H10N2O3S2/c1-7(5-10(15)16)11(17)14-12-13-8(6-19-12)9-3-2-4-18-9/h2-6H,1H3,(H,15,16)(H,13,14,17). The van der Waals surface area contributed by atoms with E-state index in [1.807, 2.05) is 22.9 Å². The molecular weight excluding hydrogens is 284 g/mol. The van der Waals surface area contributed by atoms with E-state index in [4.69, 9.17) is 5.11 Å². The number of aliphatic carboxylic acids is 1. The Morgan fingerprint density at radius 2 is 2.21 bits per heavy atom. The van der Waals surface area contributed by atoms with Crippen LogP contribution in [0.2, 0.25) is 0 Å². The molecule has 0 fully saturated rings. The van der Waals surface area contributed by atoms with Gasteiger partial charge >= 0.3 is 5.97 Å². The molecule has 1 amide bonds. The van der Waals surface area contributed by atoms with Crippen molar-refractivity contribution in [3.8, 4) is 10.6 Å². The predicted molar refractivity (Wildman–Crippen MR) is 75.4 cm³/mol. The average Bonchev–Trinajstić information content (AvgIpc) is 2.96. The first-order valence-electron chi connectivity index (χ1n) is 5.28. The molecule has 98 valence electrons. The van der Waals surface area contributed by atoms with Crippen molar-refractivity contribution in [1.29, 1.82) is 0 Å². The number of carboxylic acids is 1. The van der Waals surface area contributed by atoms with Crippen molar-refractivity contribution in [2.45, 2.75) is 6.92 Å². The summed E-state index contributed by atoms with van der Waals surface area (Å²) in [4.78, 5) is 27.4. The molecule has 2 aromatic heterocycles. The molecule has 0 radical (unpaired) electrons. The van der Waals surface area contributed by atoms with Gasteiger partial charge in [-0.2, -0.15) is 0 Å². The van der Waals surface area contributed by atoms with Gasteiger partial charge in [0, 0.05) is 17.0 Å². The lowest BCUT2D eigenvalue weighted by Gasteiger charge is -2.00. The fourth-order valence-electron chi connectivity index (χ4n) is 1.32. The van der Waals surface area contributed by atoms with Crippen LogP contribution in [0, 0.1) is 0 Å². The van der Waals surface area contributed by atoms with Crippen LogP contribution in [0.3, 0.4) is 0 Å². The van der Waals surface area contributed by atoms with E-state index < -0.39 is 11.9 Å². The molecule has 2 N–H and O–H groups in total. The summed E-state index contributed by atoms with van der Waals surface area (Å²) in [5, 5.41) is 15.4. The maximum absolute atomic E-state index is 11.7. The molecule has 0 spiro atoms. The third-order valence-corrected chi connectivity index (χ3v) is 3.85. The van der Waals surface area contributed by atoms with Crippen LogP contribution in [-0.2, 0) is 9.59 Å². The number of hydrogen-bond donors (Lipinski definition) is 2. The molecule has 2 rings (SSSR count). The lowest BCUT2D eigenvalue weighted by atomic mass is 10.2. The number of hydrogen-bond acceptors (Lipinski definition) is 5. The number of carbonyl (C=O) groups is 2. The number of carbonyl (C=O) groups excluding carboxylic acids is 1. The van der Waals surface area contributed by atoms with Gasteiger partial charge in [-0.1, -0.05) is 6.07 Å². The Hall–Kier alpha value is -1.99. The number of thiazole rings is 1. The summed E-state index contributed by atoms with van der Waals surface area (Å²) in [5.74, 6) is -1.61. The molecule has 0 unspecified atom stereocenters. The predicted octanol–water partition coefficient (Wildman–Crippen LogP) is 2.84. The topological polar surface area (TPSA) is 79.3 Å². The molecule has 0 aliphatic carbocycles. The number of carboxylic acid groups (broad SMARTS) is 1. The highest BCUT2D eigenvalue weighted by atomic mass is 32.1. The number of aromatic nitrogens is 1. The van der Waals surface area contributed by atoms with E-state index in [0.29, 0.717) is 5.13 Å². The zero-order chi connectivity index (χ0) is 13.8. The fraction of sp³-hybridized carbons (Fsp3) is 0.0833. The highest BCUT2D eigenvalue weighted by Gasteiger charge is 2.10. The van der Waals surface area contributed by atoms with Crippen LogP contribution in [0.1, 0.15) is 6.92 Å². The van der Waals surface area contributed by atoms with Crippen molar-refractivity contribution < 1.29 is 14.7 Å². The zero-order valence-corrected chi connectivity index (χ0v) is 11.5. The SMILES string of the molecule is CC(=CC(=O)O)C(=O)Nc1nc(-c2cccs2)cs1. The molecule has 0 atom stereocenters. The summed E-state index contributed by atoms with van der Waals surface area (Å²) in [6.07, 6.45) is 0.864. The van der Waals surface area contributed by atoms with E-state index in [0.717, 1.165) is 16.6 Å². The van der Waals surface area contributed by atoms with Gasteiger partial charge in [-0.25, -0.2) is 9.78 Å². The van der Waals surface area contributed by atoms with Gasteiger partial charge in [-0.3, -0.25) is 10.1 Å². The number of amides is 1. The summed E-state index contributed by atoms with van der Waals surface area (Å²) in [7, 11) is 0. The van der Waals surface area contributed by atoms with Crippen LogP contribution in [0.4, 0.5) is 5.13 Å². The Bertz CT molecular complexity index is 629. The number of nitrogens with zero attached hydrogens (tertiary/aromatic N) is 1. The van der Waals surface area contributed by atoms with Crippen molar-refractivity contribution in [3.05, 3.63) is 34.5 Å². The van der Waals surface area contributed by atoms with Crippen LogP contribution >= 0.6 is 22.7 Å². The zero-order valence-electron chi connectivity index (χ0n) is 9.91. The van der Waals surface area contributed by atoms with Crippen LogP contribution in [0.25, 0.3) is 10.6 Å². The van der Waals surface area contributed by atoms with Gasteiger partial charge in [0.2, 0.25) is 0 Å². The molecule has 2 heterocycles. The minimum absolute atomic E-state index is 0.125. The number of nitrogens with one attached hydrogen (secondary N) is 1. The molecule has 0 bridgehead atoms. The number of rotatable bonds is 4. The quantitative estimate of drug-likeness (QED) is 0.850. The Morgan fingerprint density at radius 1 is 1.42 bits per heavy atom. The van der Waals surface area contributed by atoms with Gasteiger partial charge in [0.25, 0.3) is 5.91 Å². The van der Waals surface area contributed by atoms with E-state index in [2.05, 4.69) is 10.3 Å². The molecule has 0 aliphatic rings. The average molecular weight is 294 g/mol. The summed E-state index contributed by atoms with van der Waals surface area (Å²) in [5.41, 5.74) is 0.926. The van der Waals surface area contributed by atoms with Crippen molar-refractivity contribution in [1.82, 2.24) is 4.98 Å². The van der Waals surface area contributed by atoms with Gasteiger partial charge in [0.1, 0.15) is 0 Å². The maximum Gasteiger partial charge on any atom is 0.328 e. The first-order chi connectivity index (χ1) is 9.06. The van der Waals surface area contributed by atoms with E-state index in [1.54, 1.807) is 11.3 Å². The minimum atomic E-state index is -1.15. The molecular formula is C12H10N2O3S2. The summed E-state index contributed by atoms with van der Waals surface area (Å²) < 4.78 is 0. The molecule has 0 saturated carbocycles. The second-order valence-electron chi connectivity index (χ2n) is 3.63. The Balaban J connectivity index is 2.09. The molecule has 0 saturated heterocycles. The van der Waals surface area contributed by atoms with Gasteiger partial charge in [0.05, 0.1) is 10.6 Å². The van der Waals surface area contributed by atoms with Gasteiger partial charge < -0.3 is 5.11 Å². The molecule has 0 aliphatic heterocycles. The van der Waals surface area contributed by atoms with E-state index in [-0.39, 0.29) is 5.57 Å². The van der Waals surface area contributed by atoms with Crippen LogP contribution in [-0.4, -0.2) is 22.0 Å². The van der Waals surface area contributed by atoms with Crippen molar-refractivity contribution in [2.24, 2.45) is 0 Å². The van der Waals surface area contributed by atoms with Crippen molar-refractivity contribution >= 4 is 39.7 Å². The van der Waals surface area contributed by atoms with Crippen molar-refractivity contribution in [2.75, 3.05) is 5.32 Å². The summed E-state index contributed by atoms with van der Waals surface area (Å²) >= 11 is 2.87. The Morgan fingerprint density at radius 3 is 2.84 bits per heavy atom. The Kier molecular flexibility index (Phi) is 4.08. The smallest absolute Gasteiger partial charge is 0.328 e. The van der Waals surface area contributed by atoms with E-state index >= 15 is 0 Å². The largest absolute Gasteiger partial charge is 0.478 e. The highest BCUT2D eigenvalue weighted by molar-refractivity contribution is 7.16. The van der Waals surface area contributed by atoms with Gasteiger partial charge in [-0.15, -0.1) is 22.7 Å². The highest BCUT2D eigenvalue weighted by Crippen LogP contribution is 2.28. The van der Waals surface area contributed by atoms with Crippen LogP contribution in [0.15, 0.2) is 34.5 Å². The summed E-state index contributed by atoms with van der Waals surface area (Å²) in [6, 6.07) is 3.87. The van der Waals surface area contributed by atoms with Crippen molar-refractivity contribution in [3.63, 3.8) is 0 Å². The third-order valence-electron chi connectivity index (χ3n) is 2.20. The molecule has 19 heavy (non-hydrogen) atoms. The maximum atomic E-state index is 11.7. The second-order valence-corrected chi connectivity index (χ2v) is 5.44. The first kappa shape index (κ1) is 13.4. The van der Waals surface area contributed by atoms with E-state index in [1.165, 1.54) is 18.3 Å². The minimum Gasteiger partial charge on any atom is -0.478 e. The second kappa shape index (κ2) is 5.77. The fourth-order valence-corrected chi connectivity index (χ4v) is 2.78. The Labute approximate surface area is 117 Å². The van der Waals surface area contributed by atoms with Gasteiger partial charge in [0.15, 0.2) is 5.13 Å². The van der Waals surface area contributed by atoms with Crippen LogP contribution in [0.5, 0.6) is 0 Å². The van der Waals surface area contributed by atoms with Gasteiger partial charge in [-0.05, 0) is 18.4 Å². The van der Waals surface area contributed by atoms with Crippen LogP contribution < -0.4 is 5.32 Å². The molecule has 7 heteroatoms.